The summed E-state index contributed by atoms with van der Waals surface area (Å²) >= 11 is 21.5. The molecule has 0 fully saturated rings. The average molecular weight is 419 g/mol. The van der Waals surface area contributed by atoms with Crippen molar-refractivity contribution in [3.8, 4) is 5.69 Å². The molecule has 0 aliphatic rings. The predicted molar refractivity (Wildman–Crippen MR) is 95.0 cm³/mol. The van der Waals surface area contributed by atoms with Crippen molar-refractivity contribution < 1.29 is 0 Å². The minimum absolute atomic E-state index is 0.230. The number of hydrogen-bond acceptors (Lipinski definition) is 2. The van der Waals surface area contributed by atoms with Crippen molar-refractivity contribution in [3.63, 3.8) is 0 Å². The summed E-state index contributed by atoms with van der Waals surface area (Å²) in [7, 11) is 0. The molecule has 0 atom stereocenters. The molecule has 0 aliphatic carbocycles. The van der Waals surface area contributed by atoms with E-state index in [0.29, 0.717) is 42.8 Å². The Hall–Kier alpha value is -1.07. The van der Waals surface area contributed by atoms with Crippen LogP contribution in [0.25, 0.3) is 16.6 Å². The summed E-state index contributed by atoms with van der Waals surface area (Å²) in [5.41, 5.74) is 0.885. The van der Waals surface area contributed by atoms with E-state index < -0.39 is 0 Å². The maximum atomic E-state index is 12.8. The van der Waals surface area contributed by atoms with Crippen molar-refractivity contribution >= 4 is 61.6 Å². The van der Waals surface area contributed by atoms with Gasteiger partial charge in [0, 0.05) is 10.0 Å². The van der Waals surface area contributed by atoms with E-state index in [1.54, 1.807) is 36.4 Å². The van der Waals surface area contributed by atoms with Crippen LogP contribution in [-0.4, -0.2) is 9.55 Å². The van der Waals surface area contributed by atoms with Gasteiger partial charge in [-0.25, -0.2) is 4.98 Å². The second-order valence-electron chi connectivity index (χ2n) is 4.56. The highest BCUT2D eigenvalue weighted by atomic mass is 79.9. The molecule has 0 saturated heterocycles. The van der Waals surface area contributed by atoms with Gasteiger partial charge >= 0.3 is 0 Å². The largest absolute Gasteiger partial charge is 0.268 e. The fourth-order valence-corrected chi connectivity index (χ4v) is 3.25. The highest BCUT2D eigenvalue weighted by molar-refractivity contribution is 9.08. The normalized spacial score (nSPS) is 11.1. The number of fused-ring (bicyclic) bond motifs is 1. The highest BCUT2D eigenvalue weighted by Crippen LogP contribution is 2.26. The molecule has 0 bridgehead atoms. The zero-order chi connectivity index (χ0) is 15.9. The van der Waals surface area contributed by atoms with Gasteiger partial charge in [-0.3, -0.25) is 9.36 Å². The molecule has 1 aromatic heterocycles. The predicted octanol–water partition coefficient (Wildman–Crippen LogP) is 5.24. The molecule has 0 unspecified atom stereocenters. The van der Waals surface area contributed by atoms with Gasteiger partial charge in [-0.05, 0) is 36.4 Å². The SMILES string of the molecule is O=c1c2cc(Cl)ccc2nc(CBr)n1-c1ccc(Cl)cc1Cl. The molecule has 3 aromatic rings. The molecule has 3 rings (SSSR count). The van der Waals surface area contributed by atoms with Crippen LogP contribution in [0.5, 0.6) is 0 Å². The molecular formula is C15H8BrCl3N2O. The molecule has 0 amide bonds. The second kappa shape index (κ2) is 6.20. The van der Waals surface area contributed by atoms with E-state index in [4.69, 9.17) is 34.8 Å². The van der Waals surface area contributed by atoms with Crippen LogP contribution in [0.4, 0.5) is 0 Å². The average Bonchev–Trinajstić information content (AvgIpc) is 2.49. The standard InChI is InChI=1S/C15H8BrCl3N2O/c16-7-14-20-12-3-1-8(17)5-10(12)15(22)21(14)13-4-2-9(18)6-11(13)19/h1-6H,7H2. The van der Waals surface area contributed by atoms with Crippen LogP contribution in [0.15, 0.2) is 41.2 Å². The number of rotatable bonds is 2. The summed E-state index contributed by atoms with van der Waals surface area (Å²) in [6, 6.07) is 9.98. The summed E-state index contributed by atoms with van der Waals surface area (Å²) in [6.07, 6.45) is 0. The van der Waals surface area contributed by atoms with Gasteiger partial charge in [0.1, 0.15) is 5.82 Å². The Labute approximate surface area is 149 Å². The monoisotopic (exact) mass is 416 g/mol. The van der Waals surface area contributed by atoms with Crippen LogP contribution >= 0.6 is 50.7 Å². The van der Waals surface area contributed by atoms with Crippen molar-refractivity contribution in [2.45, 2.75) is 5.33 Å². The number of aromatic nitrogens is 2. The van der Waals surface area contributed by atoms with Crippen LogP contribution in [0.2, 0.25) is 15.1 Å². The first-order chi connectivity index (χ1) is 10.5. The molecule has 0 radical (unpaired) electrons. The lowest BCUT2D eigenvalue weighted by atomic mass is 10.2. The summed E-state index contributed by atoms with van der Waals surface area (Å²) in [5, 5.41) is 2.19. The van der Waals surface area contributed by atoms with Crippen molar-refractivity contribution in [3.05, 3.63) is 67.6 Å². The van der Waals surface area contributed by atoms with Gasteiger partial charge in [-0.15, -0.1) is 0 Å². The van der Waals surface area contributed by atoms with Crippen LogP contribution in [-0.2, 0) is 5.33 Å². The topological polar surface area (TPSA) is 34.9 Å². The summed E-state index contributed by atoms with van der Waals surface area (Å²) in [6.45, 7) is 0. The van der Waals surface area contributed by atoms with E-state index in [-0.39, 0.29) is 5.56 Å². The smallest absolute Gasteiger partial charge is 0.266 e. The molecule has 0 saturated carbocycles. The van der Waals surface area contributed by atoms with Crippen molar-refractivity contribution in [2.75, 3.05) is 0 Å². The van der Waals surface area contributed by atoms with Crippen LogP contribution in [0, 0.1) is 0 Å². The third kappa shape index (κ3) is 2.76. The van der Waals surface area contributed by atoms with Crippen LogP contribution < -0.4 is 5.56 Å². The summed E-state index contributed by atoms with van der Waals surface area (Å²) in [5.74, 6) is 0.545. The van der Waals surface area contributed by atoms with E-state index in [0.717, 1.165) is 0 Å². The Balaban J connectivity index is 2.41. The minimum Gasteiger partial charge on any atom is -0.268 e. The number of halogens is 4. The first-order valence-corrected chi connectivity index (χ1v) is 8.49. The Morgan fingerprint density at radius 3 is 2.41 bits per heavy atom. The van der Waals surface area contributed by atoms with Gasteiger partial charge < -0.3 is 0 Å². The maximum absolute atomic E-state index is 12.8. The summed E-state index contributed by atoms with van der Waals surface area (Å²) < 4.78 is 1.46. The van der Waals surface area contributed by atoms with Crippen molar-refractivity contribution in [1.29, 1.82) is 0 Å². The van der Waals surface area contributed by atoms with Gasteiger partial charge in [-0.1, -0.05) is 50.7 Å². The molecule has 7 heteroatoms. The van der Waals surface area contributed by atoms with Gasteiger partial charge in [0.25, 0.3) is 5.56 Å². The third-order valence-corrected chi connectivity index (χ3v) is 4.44. The minimum atomic E-state index is -0.230. The Morgan fingerprint density at radius 2 is 1.73 bits per heavy atom. The van der Waals surface area contributed by atoms with E-state index in [2.05, 4.69) is 20.9 Å². The van der Waals surface area contributed by atoms with Gasteiger partial charge in [0.05, 0.1) is 26.9 Å². The van der Waals surface area contributed by atoms with Crippen molar-refractivity contribution in [1.82, 2.24) is 9.55 Å². The lowest BCUT2D eigenvalue weighted by molar-refractivity contribution is 0.888. The van der Waals surface area contributed by atoms with Crippen molar-refractivity contribution in [2.24, 2.45) is 0 Å². The summed E-state index contributed by atoms with van der Waals surface area (Å²) in [4.78, 5) is 17.4. The number of benzene rings is 2. The van der Waals surface area contributed by atoms with E-state index in [9.17, 15) is 4.79 Å². The van der Waals surface area contributed by atoms with Gasteiger partial charge in [0.2, 0.25) is 0 Å². The lowest BCUT2D eigenvalue weighted by Crippen LogP contribution is -2.23. The number of hydrogen-bond donors (Lipinski definition) is 0. The first kappa shape index (κ1) is 15.8. The fourth-order valence-electron chi connectivity index (χ4n) is 2.20. The Bertz CT molecular complexity index is 940. The van der Waals surface area contributed by atoms with E-state index in [1.807, 2.05) is 0 Å². The molecule has 2 aromatic carbocycles. The zero-order valence-electron chi connectivity index (χ0n) is 11.0. The van der Waals surface area contributed by atoms with E-state index in [1.165, 1.54) is 4.57 Å². The maximum Gasteiger partial charge on any atom is 0.266 e. The second-order valence-corrected chi connectivity index (χ2v) is 6.40. The van der Waals surface area contributed by atoms with Gasteiger partial charge in [0.15, 0.2) is 0 Å². The van der Waals surface area contributed by atoms with Gasteiger partial charge in [-0.2, -0.15) is 0 Å². The number of nitrogens with zero attached hydrogens (tertiary/aromatic N) is 2. The molecule has 0 aliphatic heterocycles. The van der Waals surface area contributed by atoms with Crippen LogP contribution in [0.3, 0.4) is 0 Å². The molecule has 3 nitrogen and oxygen atoms in total. The molecule has 0 N–H and O–H groups in total. The molecule has 1 heterocycles. The fraction of sp³-hybridized carbons (Fsp3) is 0.0667. The van der Waals surface area contributed by atoms with E-state index >= 15 is 0 Å². The molecule has 0 spiro atoms. The zero-order valence-corrected chi connectivity index (χ0v) is 14.8. The lowest BCUT2D eigenvalue weighted by Gasteiger charge is -2.13. The highest BCUT2D eigenvalue weighted by Gasteiger charge is 2.14. The number of alkyl halides is 1. The quantitative estimate of drug-likeness (QED) is 0.534. The molecular weight excluding hydrogens is 410 g/mol. The Morgan fingerprint density at radius 1 is 1.05 bits per heavy atom. The molecule has 112 valence electrons. The molecule has 22 heavy (non-hydrogen) atoms. The van der Waals surface area contributed by atoms with Crippen LogP contribution in [0.1, 0.15) is 5.82 Å². The first-order valence-electron chi connectivity index (χ1n) is 6.24. The Kier molecular flexibility index (Phi) is 4.46. The third-order valence-electron chi connectivity index (χ3n) is 3.17.